The van der Waals surface area contributed by atoms with E-state index >= 15 is 0 Å². The monoisotopic (exact) mass is 277 g/mol. The molecule has 1 aliphatic heterocycles. The fourth-order valence-corrected chi connectivity index (χ4v) is 2.03. The lowest BCUT2D eigenvalue weighted by Crippen LogP contribution is -2.51. The molecule has 1 heterocycles. The van der Waals surface area contributed by atoms with Gasteiger partial charge in [0.1, 0.15) is 6.29 Å². The molecule has 0 saturated carbocycles. The summed E-state index contributed by atoms with van der Waals surface area (Å²) in [6.45, 7) is 7.48. The molecule has 20 heavy (non-hydrogen) atoms. The molecule has 6 heteroatoms. The summed E-state index contributed by atoms with van der Waals surface area (Å²) >= 11 is 0. The zero-order valence-corrected chi connectivity index (χ0v) is 11.5. The molecule has 0 aliphatic carbocycles. The fourth-order valence-electron chi connectivity index (χ4n) is 2.03. The van der Waals surface area contributed by atoms with Crippen molar-refractivity contribution in [3.05, 3.63) is 36.1 Å². The molecule has 1 rings (SSSR count). The van der Waals surface area contributed by atoms with Gasteiger partial charge in [-0.1, -0.05) is 13.2 Å². The highest BCUT2D eigenvalue weighted by atomic mass is 16.2. The number of carbonyl (C=O) groups is 3. The van der Waals surface area contributed by atoms with Crippen molar-refractivity contribution in [2.75, 3.05) is 13.6 Å². The van der Waals surface area contributed by atoms with Crippen LogP contribution in [0.4, 0.5) is 0 Å². The number of piperidine rings is 1. The number of nitrogens with two attached hydrogens (primary N) is 1. The highest BCUT2D eigenvalue weighted by molar-refractivity contribution is 6.00. The van der Waals surface area contributed by atoms with Gasteiger partial charge < -0.3 is 5.73 Å². The van der Waals surface area contributed by atoms with E-state index in [0.29, 0.717) is 30.4 Å². The third kappa shape index (κ3) is 3.64. The van der Waals surface area contributed by atoms with Gasteiger partial charge in [0.15, 0.2) is 0 Å². The van der Waals surface area contributed by atoms with Gasteiger partial charge in [-0.15, -0.1) is 0 Å². The standard InChI is InChI=1S/C14H19N3O3/c1-4-11(15)10(9(2)8-18)7-17(3)12-5-6-13(19)16-14(12)20/h4,8,12H,1-2,5-7,15H2,3H3,(H,16,19,20)/b11-10+. The molecule has 0 radical (unpaired) electrons. The Balaban J connectivity index is 2.86. The summed E-state index contributed by atoms with van der Waals surface area (Å²) in [4.78, 5) is 35.5. The van der Waals surface area contributed by atoms with Crippen LogP contribution in [0, 0.1) is 0 Å². The van der Waals surface area contributed by atoms with Crippen LogP contribution in [0.25, 0.3) is 0 Å². The Labute approximate surface area is 118 Å². The second-order valence-electron chi connectivity index (χ2n) is 4.66. The molecule has 0 aromatic carbocycles. The first kappa shape index (κ1) is 15.8. The zero-order chi connectivity index (χ0) is 15.3. The Hall–Kier alpha value is -2.21. The number of imide groups is 1. The summed E-state index contributed by atoms with van der Waals surface area (Å²) in [6.07, 6.45) is 2.79. The maximum Gasteiger partial charge on any atom is 0.243 e. The third-order valence-corrected chi connectivity index (χ3v) is 3.25. The van der Waals surface area contributed by atoms with Crippen molar-refractivity contribution in [1.82, 2.24) is 10.2 Å². The number of rotatable bonds is 6. The lowest BCUT2D eigenvalue weighted by atomic mass is 10.0. The van der Waals surface area contributed by atoms with Crippen molar-refractivity contribution in [2.24, 2.45) is 5.73 Å². The van der Waals surface area contributed by atoms with Crippen molar-refractivity contribution in [1.29, 1.82) is 0 Å². The number of likely N-dealkylation sites (N-methyl/N-ethyl adjacent to an activating group) is 1. The summed E-state index contributed by atoms with van der Waals surface area (Å²) in [5.74, 6) is -0.602. The molecule has 2 amide bonds. The minimum atomic E-state index is -0.431. The van der Waals surface area contributed by atoms with Gasteiger partial charge in [-0.3, -0.25) is 24.6 Å². The number of carbonyl (C=O) groups excluding carboxylic acids is 3. The molecule has 1 aliphatic rings. The second kappa shape index (κ2) is 6.81. The minimum absolute atomic E-state index is 0.251. The molecule has 1 fully saturated rings. The van der Waals surface area contributed by atoms with E-state index in [0.717, 1.165) is 0 Å². The number of allylic oxidation sites excluding steroid dienone is 1. The maximum absolute atomic E-state index is 11.8. The van der Waals surface area contributed by atoms with E-state index in [1.165, 1.54) is 6.08 Å². The van der Waals surface area contributed by atoms with Crippen LogP contribution in [-0.4, -0.2) is 42.6 Å². The predicted octanol–water partition coefficient (Wildman–Crippen LogP) is -0.123. The molecule has 108 valence electrons. The van der Waals surface area contributed by atoms with E-state index in [2.05, 4.69) is 18.5 Å². The normalized spacial score (nSPS) is 20.2. The summed E-state index contributed by atoms with van der Waals surface area (Å²) in [6, 6.07) is -0.431. The molecule has 1 unspecified atom stereocenters. The predicted molar refractivity (Wildman–Crippen MR) is 75.4 cm³/mol. The van der Waals surface area contributed by atoms with Gasteiger partial charge in [0, 0.05) is 24.2 Å². The highest BCUT2D eigenvalue weighted by Gasteiger charge is 2.30. The van der Waals surface area contributed by atoms with E-state index in [1.54, 1.807) is 11.9 Å². The molecule has 0 spiro atoms. The van der Waals surface area contributed by atoms with E-state index in [4.69, 9.17) is 5.73 Å². The Morgan fingerprint density at radius 3 is 2.70 bits per heavy atom. The average molecular weight is 277 g/mol. The number of hydrogen-bond acceptors (Lipinski definition) is 5. The van der Waals surface area contributed by atoms with Crippen LogP contribution in [0.5, 0.6) is 0 Å². The minimum Gasteiger partial charge on any atom is -0.398 e. The molecular weight excluding hydrogens is 258 g/mol. The van der Waals surface area contributed by atoms with Gasteiger partial charge in [0.25, 0.3) is 0 Å². The molecular formula is C14H19N3O3. The molecule has 1 saturated heterocycles. The number of nitrogens with zero attached hydrogens (tertiary/aromatic N) is 1. The first-order valence-electron chi connectivity index (χ1n) is 6.20. The summed E-state index contributed by atoms with van der Waals surface area (Å²) < 4.78 is 0. The SMILES string of the molecule is C=C/C(N)=C(/CN(C)C1CCC(=O)NC1=O)C(=C)C=O. The van der Waals surface area contributed by atoms with Crippen LogP contribution in [0.15, 0.2) is 36.1 Å². The second-order valence-corrected chi connectivity index (χ2v) is 4.66. The zero-order valence-electron chi connectivity index (χ0n) is 11.5. The third-order valence-electron chi connectivity index (χ3n) is 3.25. The number of nitrogens with one attached hydrogen (secondary N) is 1. The summed E-state index contributed by atoms with van der Waals surface area (Å²) in [5.41, 5.74) is 6.92. The highest BCUT2D eigenvalue weighted by Crippen LogP contribution is 2.16. The number of amides is 2. The lowest BCUT2D eigenvalue weighted by Gasteiger charge is -2.30. The van der Waals surface area contributed by atoms with Crippen LogP contribution in [0.3, 0.4) is 0 Å². The van der Waals surface area contributed by atoms with Crippen LogP contribution in [0.2, 0.25) is 0 Å². The number of hydrogen-bond donors (Lipinski definition) is 2. The van der Waals surface area contributed by atoms with Gasteiger partial charge >= 0.3 is 0 Å². The Kier molecular flexibility index (Phi) is 5.40. The quantitative estimate of drug-likeness (QED) is 0.305. The fraction of sp³-hybridized carbons (Fsp3) is 0.357. The van der Waals surface area contributed by atoms with E-state index < -0.39 is 6.04 Å². The average Bonchev–Trinajstić information content (AvgIpc) is 2.42. The molecule has 1 atom stereocenters. The van der Waals surface area contributed by atoms with Crippen LogP contribution in [-0.2, 0) is 14.4 Å². The van der Waals surface area contributed by atoms with E-state index in [9.17, 15) is 14.4 Å². The Morgan fingerprint density at radius 1 is 1.55 bits per heavy atom. The van der Waals surface area contributed by atoms with Gasteiger partial charge in [-0.25, -0.2) is 0 Å². The molecule has 0 aromatic heterocycles. The molecule has 0 aromatic rings. The maximum atomic E-state index is 11.8. The molecule has 3 N–H and O–H groups in total. The smallest absolute Gasteiger partial charge is 0.243 e. The van der Waals surface area contributed by atoms with Crippen LogP contribution in [0.1, 0.15) is 12.8 Å². The van der Waals surface area contributed by atoms with Crippen LogP contribution < -0.4 is 11.1 Å². The first-order valence-corrected chi connectivity index (χ1v) is 6.20. The van der Waals surface area contributed by atoms with Crippen molar-refractivity contribution in [2.45, 2.75) is 18.9 Å². The van der Waals surface area contributed by atoms with Crippen molar-refractivity contribution >= 4 is 18.1 Å². The van der Waals surface area contributed by atoms with Crippen molar-refractivity contribution in [3.63, 3.8) is 0 Å². The lowest BCUT2D eigenvalue weighted by molar-refractivity contribution is -0.137. The van der Waals surface area contributed by atoms with Gasteiger partial charge in [0.05, 0.1) is 6.04 Å². The van der Waals surface area contributed by atoms with E-state index in [1.807, 2.05) is 0 Å². The topological polar surface area (TPSA) is 92.5 Å². The number of aldehydes is 1. The van der Waals surface area contributed by atoms with Gasteiger partial charge in [0.2, 0.25) is 11.8 Å². The summed E-state index contributed by atoms with van der Waals surface area (Å²) in [7, 11) is 1.73. The Morgan fingerprint density at radius 2 is 2.20 bits per heavy atom. The van der Waals surface area contributed by atoms with Gasteiger partial charge in [-0.2, -0.15) is 0 Å². The largest absolute Gasteiger partial charge is 0.398 e. The van der Waals surface area contributed by atoms with Crippen molar-refractivity contribution in [3.8, 4) is 0 Å². The molecule has 0 bridgehead atoms. The molecule has 6 nitrogen and oxygen atoms in total. The first-order chi connectivity index (χ1) is 9.40. The Bertz CT molecular complexity index is 494. The van der Waals surface area contributed by atoms with Crippen molar-refractivity contribution < 1.29 is 14.4 Å². The summed E-state index contributed by atoms with van der Waals surface area (Å²) in [5, 5.41) is 2.29. The van der Waals surface area contributed by atoms with Crippen LogP contribution >= 0.6 is 0 Å². The van der Waals surface area contributed by atoms with Gasteiger partial charge in [-0.05, 0) is 25.1 Å². The van der Waals surface area contributed by atoms with E-state index in [-0.39, 0.29) is 23.9 Å².